The highest BCUT2D eigenvalue weighted by Gasteiger charge is 2.26. The number of aromatic nitrogens is 3. The summed E-state index contributed by atoms with van der Waals surface area (Å²) >= 11 is 0. The summed E-state index contributed by atoms with van der Waals surface area (Å²) in [6, 6.07) is 18.0. The van der Waals surface area contributed by atoms with Gasteiger partial charge in [-0.25, -0.2) is 9.97 Å². The lowest BCUT2D eigenvalue weighted by molar-refractivity contribution is 0.201. The van der Waals surface area contributed by atoms with Crippen molar-refractivity contribution in [3.8, 4) is 34.0 Å². The van der Waals surface area contributed by atoms with E-state index in [-0.39, 0.29) is 5.75 Å². The molecule has 5 rings (SSSR count). The molecule has 0 spiro atoms. The predicted molar refractivity (Wildman–Crippen MR) is 137 cm³/mol. The molecule has 1 aliphatic heterocycles. The summed E-state index contributed by atoms with van der Waals surface area (Å²) in [6.45, 7) is 4.72. The normalized spacial score (nSPS) is 14.7. The number of ether oxygens (including phenoxy) is 1. The molecule has 2 aromatic heterocycles. The Morgan fingerprint density at radius 1 is 1.00 bits per heavy atom. The van der Waals surface area contributed by atoms with Crippen LogP contribution in [0.15, 0.2) is 73.2 Å². The van der Waals surface area contributed by atoms with Crippen LogP contribution in [0.2, 0.25) is 0 Å². The Morgan fingerprint density at radius 2 is 1.80 bits per heavy atom. The number of piperidine rings is 1. The molecule has 4 aromatic rings. The first-order valence-electron chi connectivity index (χ1n) is 12.0. The Labute approximate surface area is 206 Å². The molecule has 0 aliphatic carbocycles. The van der Waals surface area contributed by atoms with E-state index < -0.39 is 0 Å². The van der Waals surface area contributed by atoms with E-state index in [0.29, 0.717) is 11.7 Å². The Morgan fingerprint density at radius 3 is 2.51 bits per heavy atom. The van der Waals surface area contributed by atoms with Gasteiger partial charge in [-0.15, -0.1) is 0 Å². The standard InChI is InChI=1S/C29H30N4O2/c1-20-4-3-5-23(16-20)26-18-31-29(22-8-12-30-13-9-22)32-28(26)21-10-14-33(15-11-21)19-24-6-7-25(35-2)17-27(24)34/h3-9,12-13,16-18,21,34H,10-11,14-15,19H2,1-2H3. The molecule has 35 heavy (non-hydrogen) atoms. The van der Waals surface area contributed by atoms with Crippen LogP contribution in [0, 0.1) is 6.92 Å². The second-order valence-corrected chi connectivity index (χ2v) is 9.14. The third kappa shape index (κ3) is 5.17. The molecule has 1 aliphatic rings. The first-order chi connectivity index (χ1) is 17.1. The van der Waals surface area contributed by atoms with Gasteiger partial charge in [-0.1, -0.05) is 35.9 Å². The average molecular weight is 467 g/mol. The maximum Gasteiger partial charge on any atom is 0.159 e. The molecule has 3 heterocycles. The molecule has 1 fully saturated rings. The highest BCUT2D eigenvalue weighted by molar-refractivity contribution is 5.68. The number of methoxy groups -OCH3 is 1. The summed E-state index contributed by atoms with van der Waals surface area (Å²) in [4.78, 5) is 16.4. The molecular formula is C29H30N4O2. The monoisotopic (exact) mass is 466 g/mol. The number of phenols is 1. The van der Waals surface area contributed by atoms with Crippen LogP contribution in [0.4, 0.5) is 0 Å². The third-order valence-electron chi connectivity index (χ3n) is 6.75. The van der Waals surface area contributed by atoms with Crippen LogP contribution in [-0.4, -0.2) is 45.2 Å². The summed E-state index contributed by atoms with van der Waals surface area (Å²) in [5, 5.41) is 10.4. The van der Waals surface area contributed by atoms with E-state index in [4.69, 9.17) is 14.7 Å². The number of pyridine rings is 1. The number of rotatable bonds is 6. The fourth-order valence-corrected chi connectivity index (χ4v) is 4.79. The molecule has 6 heteroatoms. The van der Waals surface area contributed by atoms with Crippen LogP contribution >= 0.6 is 0 Å². The summed E-state index contributed by atoms with van der Waals surface area (Å²) in [7, 11) is 1.61. The molecule has 1 saturated heterocycles. The van der Waals surface area contributed by atoms with Crippen molar-refractivity contribution in [2.24, 2.45) is 0 Å². The van der Waals surface area contributed by atoms with Crippen LogP contribution in [0.5, 0.6) is 11.5 Å². The van der Waals surface area contributed by atoms with Gasteiger partial charge in [-0.3, -0.25) is 9.88 Å². The van der Waals surface area contributed by atoms with Crippen molar-refractivity contribution in [2.45, 2.75) is 32.2 Å². The van der Waals surface area contributed by atoms with Gasteiger partial charge in [0.25, 0.3) is 0 Å². The zero-order chi connectivity index (χ0) is 24.2. The van der Waals surface area contributed by atoms with E-state index in [0.717, 1.165) is 66.2 Å². The van der Waals surface area contributed by atoms with Crippen molar-refractivity contribution >= 4 is 0 Å². The van der Waals surface area contributed by atoms with E-state index in [1.54, 1.807) is 25.6 Å². The van der Waals surface area contributed by atoms with Gasteiger partial charge in [0.15, 0.2) is 5.82 Å². The number of aryl methyl sites for hydroxylation is 1. The number of hydrogen-bond donors (Lipinski definition) is 1. The summed E-state index contributed by atoms with van der Waals surface area (Å²) in [5.41, 5.74) is 6.51. The number of likely N-dealkylation sites (tertiary alicyclic amines) is 1. The Hall–Kier alpha value is -3.77. The van der Waals surface area contributed by atoms with Gasteiger partial charge in [-0.2, -0.15) is 0 Å². The fraction of sp³-hybridized carbons (Fsp3) is 0.276. The topological polar surface area (TPSA) is 71.4 Å². The van der Waals surface area contributed by atoms with Gasteiger partial charge in [0, 0.05) is 53.8 Å². The van der Waals surface area contributed by atoms with Crippen LogP contribution in [-0.2, 0) is 6.54 Å². The quantitative estimate of drug-likeness (QED) is 0.398. The minimum absolute atomic E-state index is 0.283. The Balaban J connectivity index is 1.39. The molecule has 0 saturated carbocycles. The van der Waals surface area contributed by atoms with E-state index in [2.05, 4.69) is 41.1 Å². The molecule has 0 atom stereocenters. The molecule has 0 radical (unpaired) electrons. The minimum Gasteiger partial charge on any atom is -0.507 e. The molecule has 0 bridgehead atoms. The van der Waals surface area contributed by atoms with Gasteiger partial charge < -0.3 is 9.84 Å². The first kappa shape index (κ1) is 23.0. The number of hydrogen-bond acceptors (Lipinski definition) is 6. The van der Waals surface area contributed by atoms with Crippen molar-refractivity contribution < 1.29 is 9.84 Å². The summed E-state index contributed by atoms with van der Waals surface area (Å²) < 4.78 is 5.21. The van der Waals surface area contributed by atoms with E-state index >= 15 is 0 Å². The van der Waals surface area contributed by atoms with Gasteiger partial charge >= 0.3 is 0 Å². The maximum absolute atomic E-state index is 10.4. The number of phenolic OH excluding ortho intramolecular Hbond substituents is 1. The lowest BCUT2D eigenvalue weighted by Gasteiger charge is -2.32. The van der Waals surface area contributed by atoms with Crippen LogP contribution in [0.1, 0.15) is 35.6 Å². The Bertz CT molecular complexity index is 1300. The number of nitrogens with zero attached hydrogens (tertiary/aromatic N) is 4. The third-order valence-corrected chi connectivity index (χ3v) is 6.75. The zero-order valence-corrected chi connectivity index (χ0v) is 20.2. The number of aromatic hydroxyl groups is 1. The molecule has 0 unspecified atom stereocenters. The van der Waals surface area contributed by atoms with Gasteiger partial charge in [0.1, 0.15) is 11.5 Å². The SMILES string of the molecule is COc1ccc(CN2CCC(c3nc(-c4ccncc4)ncc3-c3cccc(C)c3)CC2)c(O)c1. The summed E-state index contributed by atoms with van der Waals surface area (Å²) in [6.07, 6.45) is 7.54. The van der Waals surface area contributed by atoms with E-state index in [1.807, 2.05) is 30.5 Å². The van der Waals surface area contributed by atoms with Crippen molar-refractivity contribution in [1.29, 1.82) is 0 Å². The smallest absolute Gasteiger partial charge is 0.159 e. The van der Waals surface area contributed by atoms with Gasteiger partial charge in [0.05, 0.1) is 12.8 Å². The largest absolute Gasteiger partial charge is 0.507 e. The summed E-state index contributed by atoms with van der Waals surface area (Å²) in [5.74, 6) is 2.03. The average Bonchev–Trinajstić information content (AvgIpc) is 2.90. The van der Waals surface area contributed by atoms with Crippen molar-refractivity contribution in [3.63, 3.8) is 0 Å². The van der Waals surface area contributed by atoms with Crippen LogP contribution in [0.3, 0.4) is 0 Å². The van der Waals surface area contributed by atoms with E-state index in [1.165, 1.54) is 5.56 Å². The molecule has 2 aromatic carbocycles. The maximum atomic E-state index is 10.4. The highest BCUT2D eigenvalue weighted by atomic mass is 16.5. The van der Waals surface area contributed by atoms with Gasteiger partial charge in [-0.05, 0) is 56.6 Å². The fourth-order valence-electron chi connectivity index (χ4n) is 4.79. The molecule has 0 amide bonds. The van der Waals surface area contributed by atoms with Crippen LogP contribution in [0.25, 0.3) is 22.5 Å². The van der Waals surface area contributed by atoms with Crippen molar-refractivity contribution in [2.75, 3.05) is 20.2 Å². The molecular weight excluding hydrogens is 436 g/mol. The second kappa shape index (κ2) is 10.2. The van der Waals surface area contributed by atoms with E-state index in [9.17, 15) is 5.11 Å². The zero-order valence-electron chi connectivity index (χ0n) is 20.2. The first-order valence-corrected chi connectivity index (χ1v) is 12.0. The Kier molecular flexibility index (Phi) is 6.73. The van der Waals surface area contributed by atoms with Crippen molar-refractivity contribution in [1.82, 2.24) is 19.9 Å². The predicted octanol–water partition coefficient (Wildman–Crippen LogP) is 5.61. The second-order valence-electron chi connectivity index (χ2n) is 9.14. The lowest BCUT2D eigenvalue weighted by atomic mass is 9.88. The minimum atomic E-state index is 0.283. The number of benzene rings is 2. The lowest BCUT2D eigenvalue weighted by Crippen LogP contribution is -2.33. The molecule has 178 valence electrons. The molecule has 1 N–H and O–H groups in total. The highest BCUT2D eigenvalue weighted by Crippen LogP contribution is 2.36. The van der Waals surface area contributed by atoms with Gasteiger partial charge in [0.2, 0.25) is 0 Å². The van der Waals surface area contributed by atoms with Crippen LogP contribution < -0.4 is 4.74 Å². The van der Waals surface area contributed by atoms with Crippen molar-refractivity contribution in [3.05, 3.63) is 90.0 Å². The molecule has 6 nitrogen and oxygen atoms in total.